The van der Waals surface area contributed by atoms with Gasteiger partial charge in [-0.05, 0) is 34.6 Å². The number of hydrogen-bond acceptors (Lipinski definition) is 5. The monoisotopic (exact) mass is 326 g/mol. The molecule has 0 fully saturated rings. The Balaban J connectivity index is 4.68. The van der Waals surface area contributed by atoms with E-state index in [0.717, 1.165) is 0 Å². The van der Waals surface area contributed by atoms with Gasteiger partial charge in [0.15, 0.2) is 0 Å². The molecule has 2 atom stereocenters. The predicted molar refractivity (Wildman–Crippen MR) is 86.7 cm³/mol. The fraction of sp³-hybridized carbons (Fsp3) is 0.562. The number of amides is 2. The average molecular weight is 326 g/mol. The van der Waals surface area contributed by atoms with Crippen LogP contribution in [0.1, 0.15) is 34.6 Å². The molecule has 0 rings (SSSR count). The molecule has 0 aromatic carbocycles. The second-order valence-electron chi connectivity index (χ2n) is 6.08. The highest BCUT2D eigenvalue weighted by molar-refractivity contribution is 5.86. The van der Waals surface area contributed by atoms with Crippen LogP contribution in [-0.2, 0) is 19.1 Å². The van der Waals surface area contributed by atoms with E-state index in [1.807, 2.05) is 0 Å². The summed E-state index contributed by atoms with van der Waals surface area (Å²) in [6.45, 7) is 12.2. The van der Waals surface area contributed by atoms with Crippen molar-refractivity contribution in [1.82, 2.24) is 10.6 Å². The summed E-state index contributed by atoms with van der Waals surface area (Å²) in [5, 5.41) is 5.10. The van der Waals surface area contributed by atoms with Crippen LogP contribution in [0.15, 0.2) is 24.3 Å². The van der Waals surface area contributed by atoms with Crippen LogP contribution in [0.5, 0.6) is 0 Å². The topological polar surface area (TPSA) is 93.7 Å². The Kier molecular flexibility index (Phi) is 8.07. The number of carbonyl (C=O) groups is 3. The number of hydrogen-bond donors (Lipinski definition) is 2. The molecular weight excluding hydrogens is 300 g/mol. The number of methoxy groups -OCH3 is 1. The van der Waals surface area contributed by atoms with Crippen LogP contribution >= 0.6 is 0 Å². The quantitative estimate of drug-likeness (QED) is 0.440. The molecule has 0 unspecified atom stereocenters. The summed E-state index contributed by atoms with van der Waals surface area (Å²) in [6.07, 6.45) is 1.98. The summed E-state index contributed by atoms with van der Waals surface area (Å²) in [7, 11) is 1.26. The van der Waals surface area contributed by atoms with Crippen molar-refractivity contribution >= 4 is 18.0 Å². The average Bonchev–Trinajstić information content (AvgIpc) is 2.39. The first-order chi connectivity index (χ1) is 10.5. The largest absolute Gasteiger partial charge is 0.466 e. The SMILES string of the molecule is C=C(C)[C@@H](/C=C/C(=O)OC)NC(=O)[C@H](C)NC(=O)OC(C)(C)C. The lowest BCUT2D eigenvalue weighted by molar-refractivity contribution is -0.135. The van der Waals surface area contributed by atoms with Crippen LogP contribution in [0, 0.1) is 0 Å². The number of esters is 1. The Bertz CT molecular complexity index is 491. The third kappa shape index (κ3) is 9.34. The first-order valence-electron chi connectivity index (χ1n) is 7.17. The van der Waals surface area contributed by atoms with Crippen molar-refractivity contribution in [1.29, 1.82) is 0 Å². The van der Waals surface area contributed by atoms with Crippen LogP contribution in [0.3, 0.4) is 0 Å². The maximum absolute atomic E-state index is 12.1. The molecule has 7 heteroatoms. The smallest absolute Gasteiger partial charge is 0.408 e. The molecule has 2 amide bonds. The van der Waals surface area contributed by atoms with Crippen LogP contribution in [-0.4, -0.2) is 42.8 Å². The first kappa shape index (κ1) is 20.7. The minimum Gasteiger partial charge on any atom is -0.466 e. The van der Waals surface area contributed by atoms with Gasteiger partial charge in [-0.3, -0.25) is 4.79 Å². The van der Waals surface area contributed by atoms with E-state index in [0.29, 0.717) is 5.57 Å². The summed E-state index contributed by atoms with van der Waals surface area (Å²) >= 11 is 0. The summed E-state index contributed by atoms with van der Waals surface area (Å²) < 4.78 is 9.57. The first-order valence-corrected chi connectivity index (χ1v) is 7.17. The Morgan fingerprint density at radius 3 is 2.17 bits per heavy atom. The molecule has 0 aliphatic rings. The number of rotatable bonds is 6. The zero-order valence-corrected chi connectivity index (χ0v) is 14.6. The highest BCUT2D eigenvalue weighted by Gasteiger charge is 2.22. The molecule has 0 spiro atoms. The molecule has 0 aliphatic heterocycles. The van der Waals surface area contributed by atoms with Gasteiger partial charge in [0.05, 0.1) is 13.2 Å². The normalized spacial score (nSPS) is 13.8. The lowest BCUT2D eigenvalue weighted by Crippen LogP contribution is -2.49. The van der Waals surface area contributed by atoms with Crippen molar-refractivity contribution < 1.29 is 23.9 Å². The molecule has 0 aliphatic carbocycles. The molecule has 0 heterocycles. The van der Waals surface area contributed by atoms with Gasteiger partial charge in [0.25, 0.3) is 0 Å². The highest BCUT2D eigenvalue weighted by Crippen LogP contribution is 2.07. The fourth-order valence-corrected chi connectivity index (χ4v) is 1.41. The van der Waals surface area contributed by atoms with Gasteiger partial charge < -0.3 is 20.1 Å². The van der Waals surface area contributed by atoms with E-state index in [9.17, 15) is 14.4 Å². The van der Waals surface area contributed by atoms with Gasteiger partial charge in [-0.15, -0.1) is 0 Å². The third-order valence-electron chi connectivity index (χ3n) is 2.58. The van der Waals surface area contributed by atoms with Gasteiger partial charge in [-0.2, -0.15) is 0 Å². The van der Waals surface area contributed by atoms with E-state index >= 15 is 0 Å². The van der Waals surface area contributed by atoms with Gasteiger partial charge in [-0.1, -0.05) is 18.2 Å². The summed E-state index contributed by atoms with van der Waals surface area (Å²) in [5.41, 5.74) is -0.0213. The Hall–Kier alpha value is -2.31. The molecule has 0 aromatic rings. The van der Waals surface area contributed by atoms with Crippen molar-refractivity contribution in [3.8, 4) is 0 Å². The molecule has 0 saturated carbocycles. The van der Waals surface area contributed by atoms with Crippen LogP contribution in [0.4, 0.5) is 4.79 Å². The molecule has 130 valence electrons. The molecular formula is C16H26N2O5. The second-order valence-corrected chi connectivity index (χ2v) is 6.08. The minimum atomic E-state index is -0.807. The molecule has 0 aromatic heterocycles. The van der Waals surface area contributed by atoms with Crippen LogP contribution in [0.25, 0.3) is 0 Å². The number of nitrogens with one attached hydrogen (secondary N) is 2. The van der Waals surface area contributed by atoms with Gasteiger partial charge in [0.2, 0.25) is 5.91 Å². The van der Waals surface area contributed by atoms with Crippen molar-refractivity contribution in [3.63, 3.8) is 0 Å². The zero-order valence-electron chi connectivity index (χ0n) is 14.6. The molecule has 0 bridgehead atoms. The molecule has 23 heavy (non-hydrogen) atoms. The van der Waals surface area contributed by atoms with E-state index in [1.54, 1.807) is 27.7 Å². The van der Waals surface area contributed by atoms with E-state index in [1.165, 1.54) is 26.2 Å². The van der Waals surface area contributed by atoms with Gasteiger partial charge >= 0.3 is 12.1 Å². The lowest BCUT2D eigenvalue weighted by atomic mass is 10.1. The maximum Gasteiger partial charge on any atom is 0.408 e. The number of carbonyl (C=O) groups excluding carboxylic acids is 3. The summed E-state index contributed by atoms with van der Waals surface area (Å²) in [4.78, 5) is 34.9. The number of alkyl carbamates (subject to hydrolysis) is 1. The van der Waals surface area contributed by atoms with Crippen LogP contribution < -0.4 is 10.6 Å². The molecule has 0 saturated heterocycles. The highest BCUT2D eigenvalue weighted by atomic mass is 16.6. The van der Waals surface area contributed by atoms with E-state index in [4.69, 9.17) is 4.74 Å². The molecule has 2 N–H and O–H groups in total. The van der Waals surface area contributed by atoms with Crippen molar-refractivity contribution in [3.05, 3.63) is 24.3 Å². The number of ether oxygens (including phenoxy) is 2. The van der Waals surface area contributed by atoms with Gasteiger partial charge in [-0.25, -0.2) is 9.59 Å². The van der Waals surface area contributed by atoms with Crippen molar-refractivity contribution in [2.75, 3.05) is 7.11 Å². The van der Waals surface area contributed by atoms with E-state index in [2.05, 4.69) is 21.9 Å². The van der Waals surface area contributed by atoms with Gasteiger partial charge in [0, 0.05) is 6.08 Å². The van der Waals surface area contributed by atoms with E-state index in [-0.39, 0.29) is 0 Å². The van der Waals surface area contributed by atoms with Crippen molar-refractivity contribution in [2.45, 2.75) is 52.3 Å². The van der Waals surface area contributed by atoms with Crippen LogP contribution in [0.2, 0.25) is 0 Å². The Labute approximate surface area is 137 Å². The minimum absolute atomic E-state index is 0.432. The third-order valence-corrected chi connectivity index (χ3v) is 2.58. The standard InChI is InChI=1S/C16H26N2O5/c1-10(2)12(8-9-13(19)22-7)18-14(20)11(3)17-15(21)23-16(4,5)6/h8-9,11-12H,1H2,2-7H3,(H,17,21)(H,18,20)/b9-8+/t11-,12+/m0/s1. The summed E-state index contributed by atoms with van der Waals surface area (Å²) in [5.74, 6) is -0.969. The predicted octanol–water partition coefficient (Wildman–Crippen LogP) is 1.69. The molecule has 7 nitrogen and oxygen atoms in total. The lowest BCUT2D eigenvalue weighted by Gasteiger charge is -2.23. The van der Waals surface area contributed by atoms with Gasteiger partial charge in [0.1, 0.15) is 11.6 Å². The second kappa shape index (κ2) is 8.97. The van der Waals surface area contributed by atoms with E-state index < -0.39 is 35.7 Å². The zero-order chi connectivity index (χ0) is 18.2. The van der Waals surface area contributed by atoms with Crippen molar-refractivity contribution in [2.24, 2.45) is 0 Å². The Morgan fingerprint density at radius 2 is 1.74 bits per heavy atom. The fourth-order valence-electron chi connectivity index (χ4n) is 1.41. The maximum atomic E-state index is 12.1. The molecule has 0 radical (unpaired) electrons. The summed E-state index contributed by atoms with van der Waals surface area (Å²) in [6, 6.07) is -1.36. The Morgan fingerprint density at radius 1 is 1.17 bits per heavy atom.